The summed E-state index contributed by atoms with van der Waals surface area (Å²) in [6, 6.07) is 1.26. The van der Waals surface area contributed by atoms with Crippen LogP contribution in [-0.2, 0) is 9.47 Å². The van der Waals surface area contributed by atoms with Crippen molar-refractivity contribution in [3.05, 3.63) is 29.2 Å². The van der Waals surface area contributed by atoms with Gasteiger partial charge in [-0.1, -0.05) is 11.8 Å². The molecule has 3 unspecified atom stereocenters. The Balaban J connectivity index is 1.83. The van der Waals surface area contributed by atoms with Crippen LogP contribution in [0.25, 0.3) is 0 Å². The van der Waals surface area contributed by atoms with Crippen LogP contribution in [0.5, 0.6) is 0 Å². The molecule has 2 N–H and O–H groups in total. The van der Waals surface area contributed by atoms with Gasteiger partial charge in [-0.25, -0.2) is 18.7 Å². The van der Waals surface area contributed by atoms with Crippen molar-refractivity contribution < 1.29 is 23.5 Å². The summed E-state index contributed by atoms with van der Waals surface area (Å²) in [6.07, 6.45) is -1.73. The monoisotopic (exact) mass is 317 g/mol. The van der Waals surface area contributed by atoms with Gasteiger partial charge in [-0.2, -0.15) is 0 Å². The van der Waals surface area contributed by atoms with E-state index in [1.54, 1.807) is 13.0 Å². The molecule has 9 heteroatoms. The fourth-order valence-electron chi connectivity index (χ4n) is 2.17. The predicted octanol–water partition coefficient (Wildman–Crippen LogP) is 1.80. The lowest BCUT2D eigenvalue weighted by molar-refractivity contribution is -0.0505. The number of aromatic nitrogens is 2. The molecule has 2 bridgehead atoms. The maximum absolute atomic E-state index is 12.8. The van der Waals surface area contributed by atoms with E-state index in [2.05, 4.69) is 9.97 Å². The van der Waals surface area contributed by atoms with Gasteiger partial charge in [-0.15, -0.1) is 0 Å². The highest BCUT2D eigenvalue weighted by Crippen LogP contribution is 2.35. The number of alkyl halides is 2. The second kappa shape index (κ2) is 5.84. The summed E-state index contributed by atoms with van der Waals surface area (Å²) >= 11 is 1.20. The lowest BCUT2D eigenvalue weighted by Gasteiger charge is -2.25. The Morgan fingerprint density at radius 1 is 1.48 bits per heavy atom. The fraction of sp³-hybridized carbons (Fsp3) is 0.500. The Labute approximate surface area is 123 Å². The minimum absolute atomic E-state index is 0.226. The number of halogens is 2. The van der Waals surface area contributed by atoms with Crippen LogP contribution in [0.3, 0.4) is 0 Å². The van der Waals surface area contributed by atoms with Crippen molar-refractivity contribution in [3.8, 4) is 0 Å². The fourth-order valence-corrected chi connectivity index (χ4v) is 3.28. The number of hydrogen-bond donors (Lipinski definition) is 2. The third kappa shape index (κ3) is 3.00. The van der Waals surface area contributed by atoms with Crippen LogP contribution in [0.4, 0.5) is 8.78 Å². The summed E-state index contributed by atoms with van der Waals surface area (Å²) < 4.78 is 36.4. The van der Waals surface area contributed by atoms with E-state index in [9.17, 15) is 8.78 Å². The Kier molecular flexibility index (Phi) is 4.07. The molecular weight excluding hydrogens is 304 g/mol. The zero-order chi connectivity index (χ0) is 15.0. The van der Waals surface area contributed by atoms with Crippen LogP contribution < -0.4 is 5.48 Å². The molecule has 1 aromatic heterocycles. The van der Waals surface area contributed by atoms with E-state index in [1.165, 1.54) is 17.8 Å². The third-order valence-electron chi connectivity index (χ3n) is 3.12. The van der Waals surface area contributed by atoms with Gasteiger partial charge in [0.15, 0.2) is 5.16 Å². The normalized spacial score (nSPS) is 27.9. The van der Waals surface area contributed by atoms with Gasteiger partial charge in [0.2, 0.25) is 6.29 Å². The number of ether oxygens (including phenoxy) is 2. The number of aryl methyl sites for hydroxylation is 1. The van der Waals surface area contributed by atoms with E-state index in [1.807, 2.05) is 5.48 Å². The van der Waals surface area contributed by atoms with Gasteiger partial charge in [0.25, 0.3) is 6.43 Å². The second-order valence-corrected chi connectivity index (χ2v) is 5.82. The second-order valence-electron chi connectivity index (χ2n) is 4.67. The molecular formula is C12H13F2N3O3S. The van der Waals surface area contributed by atoms with E-state index in [-0.39, 0.29) is 22.2 Å². The smallest absolute Gasteiger partial charge is 0.280 e. The first-order valence-corrected chi connectivity index (χ1v) is 7.14. The number of rotatable bonds is 4. The molecule has 2 aliphatic rings. The van der Waals surface area contributed by atoms with Gasteiger partial charge in [-0.05, 0) is 19.1 Å². The first-order valence-electron chi connectivity index (χ1n) is 6.26. The van der Waals surface area contributed by atoms with Crippen molar-refractivity contribution in [3.63, 3.8) is 0 Å². The maximum atomic E-state index is 12.8. The van der Waals surface area contributed by atoms with Crippen molar-refractivity contribution >= 4 is 11.8 Å². The molecule has 0 aliphatic carbocycles. The van der Waals surface area contributed by atoms with Crippen LogP contribution in [0, 0.1) is 6.92 Å². The molecule has 1 fully saturated rings. The molecule has 0 radical (unpaired) electrons. The molecule has 0 aromatic carbocycles. The number of hydrogen-bond acceptors (Lipinski definition) is 7. The Morgan fingerprint density at radius 2 is 2.29 bits per heavy atom. The van der Waals surface area contributed by atoms with Crippen molar-refractivity contribution in [2.75, 3.05) is 6.61 Å². The lowest BCUT2D eigenvalue weighted by atomic mass is 10.2. The lowest BCUT2D eigenvalue weighted by Crippen LogP contribution is -2.33. The summed E-state index contributed by atoms with van der Waals surface area (Å²) in [7, 11) is 0. The number of hydroxylamine groups is 1. The van der Waals surface area contributed by atoms with E-state index in [4.69, 9.17) is 14.7 Å². The largest absolute Gasteiger partial charge is 0.344 e. The zero-order valence-corrected chi connectivity index (χ0v) is 11.8. The average Bonchev–Trinajstić information content (AvgIpc) is 2.86. The summed E-state index contributed by atoms with van der Waals surface area (Å²) in [5, 5.41) is 9.06. The molecule has 6 nitrogen and oxygen atoms in total. The molecule has 114 valence electrons. The summed E-state index contributed by atoms with van der Waals surface area (Å²) in [5.41, 5.74) is 2.59. The van der Waals surface area contributed by atoms with Gasteiger partial charge in [0.1, 0.15) is 11.8 Å². The molecule has 1 aromatic rings. The predicted molar refractivity (Wildman–Crippen MR) is 69.0 cm³/mol. The van der Waals surface area contributed by atoms with Crippen LogP contribution in [0.15, 0.2) is 23.0 Å². The standard InChI is InChI=1S/C12H13F2N3O3S/c1-5-2-6(10(13)14)16-12(15-5)21-9-3-7(17-18)11-19-4-8(9)20-11/h2-3,8-11,17-18H,4H2,1H3. The van der Waals surface area contributed by atoms with Crippen molar-refractivity contribution in [2.45, 2.75) is 36.1 Å². The maximum Gasteiger partial charge on any atom is 0.280 e. The minimum atomic E-state index is -2.64. The van der Waals surface area contributed by atoms with Crippen LogP contribution >= 0.6 is 11.8 Å². The molecule has 2 aliphatic heterocycles. The van der Waals surface area contributed by atoms with Gasteiger partial charge in [0, 0.05) is 5.69 Å². The van der Waals surface area contributed by atoms with Crippen LogP contribution in [0.1, 0.15) is 17.8 Å². The van der Waals surface area contributed by atoms with E-state index in [0.29, 0.717) is 18.0 Å². The molecule has 3 atom stereocenters. The van der Waals surface area contributed by atoms with E-state index < -0.39 is 12.7 Å². The summed E-state index contributed by atoms with van der Waals surface area (Å²) in [6.45, 7) is 2.00. The quantitative estimate of drug-likeness (QED) is 0.648. The summed E-state index contributed by atoms with van der Waals surface area (Å²) in [5.74, 6) is 0. The highest BCUT2D eigenvalue weighted by Gasteiger charge is 2.39. The Morgan fingerprint density at radius 3 is 3.00 bits per heavy atom. The number of nitrogens with zero attached hydrogens (tertiary/aromatic N) is 2. The van der Waals surface area contributed by atoms with Gasteiger partial charge in [-0.3, -0.25) is 10.7 Å². The molecule has 0 amide bonds. The Bertz CT molecular complexity index is 573. The highest BCUT2D eigenvalue weighted by molar-refractivity contribution is 8.00. The summed E-state index contributed by atoms with van der Waals surface area (Å²) in [4.78, 5) is 8.01. The molecule has 0 spiro atoms. The van der Waals surface area contributed by atoms with Crippen LogP contribution in [0.2, 0.25) is 0 Å². The molecule has 1 saturated heterocycles. The molecule has 3 heterocycles. The topological polar surface area (TPSA) is 76.5 Å². The van der Waals surface area contributed by atoms with Crippen molar-refractivity contribution in [1.82, 2.24) is 15.4 Å². The van der Waals surface area contributed by atoms with Gasteiger partial charge >= 0.3 is 0 Å². The first-order chi connectivity index (χ1) is 10.1. The SMILES string of the molecule is Cc1cc(C(F)F)nc(SC2C=C(NO)C3OCC2O3)n1. The average molecular weight is 317 g/mol. The van der Waals surface area contributed by atoms with E-state index in [0.717, 1.165) is 0 Å². The minimum Gasteiger partial charge on any atom is -0.344 e. The Hall–Kier alpha value is -1.29. The van der Waals surface area contributed by atoms with Crippen molar-refractivity contribution in [2.24, 2.45) is 0 Å². The van der Waals surface area contributed by atoms with Gasteiger partial charge in [0.05, 0.1) is 17.6 Å². The molecule has 21 heavy (non-hydrogen) atoms. The number of thioether (sulfide) groups is 1. The highest BCUT2D eigenvalue weighted by atomic mass is 32.2. The van der Waals surface area contributed by atoms with Crippen LogP contribution in [-0.4, -0.2) is 39.4 Å². The van der Waals surface area contributed by atoms with Gasteiger partial charge < -0.3 is 9.47 Å². The third-order valence-corrected chi connectivity index (χ3v) is 4.23. The molecule has 3 rings (SSSR count). The van der Waals surface area contributed by atoms with E-state index >= 15 is 0 Å². The number of fused-ring (bicyclic) bond motifs is 2. The molecule has 0 saturated carbocycles. The first kappa shape index (κ1) is 14.6. The zero-order valence-electron chi connectivity index (χ0n) is 11.0. The van der Waals surface area contributed by atoms with Crippen molar-refractivity contribution in [1.29, 1.82) is 0 Å². The number of nitrogens with one attached hydrogen (secondary N) is 1.